The van der Waals surface area contributed by atoms with E-state index in [2.05, 4.69) is 45.5 Å². The lowest BCUT2D eigenvalue weighted by molar-refractivity contribution is 0.178. The first kappa shape index (κ1) is 13.3. The summed E-state index contributed by atoms with van der Waals surface area (Å²) in [5.41, 5.74) is 1.32. The molecule has 1 aromatic heterocycles. The van der Waals surface area contributed by atoms with Crippen molar-refractivity contribution < 1.29 is 4.74 Å². The Balaban J connectivity index is 1.91. The molecule has 3 rings (SSSR count). The van der Waals surface area contributed by atoms with Crippen molar-refractivity contribution in [3.63, 3.8) is 0 Å². The number of hydrogen-bond acceptors (Lipinski definition) is 3. The van der Waals surface area contributed by atoms with Crippen molar-refractivity contribution in [1.29, 1.82) is 0 Å². The highest BCUT2D eigenvalue weighted by Crippen LogP contribution is 2.40. The molecule has 4 heteroatoms. The molecule has 1 heterocycles. The molecule has 0 bridgehead atoms. The number of H-pyrrole nitrogens is 1. The Bertz CT molecular complexity index is 532. The van der Waals surface area contributed by atoms with Gasteiger partial charge in [0.2, 0.25) is 0 Å². The Labute approximate surface area is 119 Å². The summed E-state index contributed by atoms with van der Waals surface area (Å²) in [6.07, 6.45) is 5.19. The summed E-state index contributed by atoms with van der Waals surface area (Å²) in [6, 6.07) is 10.6. The molecule has 1 aliphatic carbocycles. The van der Waals surface area contributed by atoms with Gasteiger partial charge in [-0.3, -0.25) is 5.10 Å². The first-order valence-corrected chi connectivity index (χ1v) is 7.33. The lowest BCUT2D eigenvalue weighted by Crippen LogP contribution is -2.13. The van der Waals surface area contributed by atoms with Gasteiger partial charge in [-0.1, -0.05) is 43.2 Å². The van der Waals surface area contributed by atoms with Gasteiger partial charge in [0.05, 0.1) is 0 Å². The van der Waals surface area contributed by atoms with Crippen LogP contribution in [0.3, 0.4) is 0 Å². The summed E-state index contributed by atoms with van der Waals surface area (Å²) >= 11 is 0. The lowest BCUT2D eigenvalue weighted by Gasteiger charge is -2.21. The van der Waals surface area contributed by atoms with Crippen molar-refractivity contribution in [3.8, 4) is 0 Å². The summed E-state index contributed by atoms with van der Waals surface area (Å²) in [4.78, 5) is 4.63. The minimum Gasteiger partial charge on any atom is -0.377 e. The van der Waals surface area contributed by atoms with Crippen molar-refractivity contribution in [1.82, 2.24) is 15.2 Å². The number of aromatic amines is 1. The molecule has 0 spiro atoms. The number of nitrogens with one attached hydrogen (secondary N) is 1. The van der Waals surface area contributed by atoms with Crippen LogP contribution in [0.2, 0.25) is 0 Å². The van der Waals surface area contributed by atoms with Crippen LogP contribution in [0.15, 0.2) is 30.3 Å². The van der Waals surface area contributed by atoms with E-state index < -0.39 is 0 Å². The van der Waals surface area contributed by atoms with Crippen LogP contribution in [0, 0.1) is 5.92 Å². The van der Waals surface area contributed by atoms with Crippen LogP contribution < -0.4 is 0 Å². The van der Waals surface area contributed by atoms with E-state index in [1.807, 2.05) is 0 Å². The SMILES string of the molecule is COCc1nc(C(c2ccccc2)C2CCCC2)n[nH]1. The van der Waals surface area contributed by atoms with Crippen LogP contribution in [0.4, 0.5) is 0 Å². The van der Waals surface area contributed by atoms with Crippen LogP contribution in [0.25, 0.3) is 0 Å². The molecule has 0 amide bonds. The van der Waals surface area contributed by atoms with E-state index in [1.165, 1.54) is 31.2 Å². The number of methoxy groups -OCH3 is 1. The van der Waals surface area contributed by atoms with Crippen LogP contribution in [0.1, 0.15) is 48.8 Å². The molecule has 1 N–H and O–H groups in total. The molecule has 1 aliphatic rings. The second-order valence-corrected chi connectivity index (χ2v) is 5.51. The van der Waals surface area contributed by atoms with Crippen molar-refractivity contribution in [3.05, 3.63) is 47.5 Å². The minimum atomic E-state index is 0.306. The summed E-state index contributed by atoms with van der Waals surface area (Å²) < 4.78 is 5.12. The summed E-state index contributed by atoms with van der Waals surface area (Å²) in [6.45, 7) is 0.485. The molecule has 0 aliphatic heterocycles. The minimum absolute atomic E-state index is 0.306. The fraction of sp³-hybridized carbons (Fsp3) is 0.500. The maximum absolute atomic E-state index is 5.12. The molecule has 20 heavy (non-hydrogen) atoms. The molecule has 1 fully saturated rings. The second kappa shape index (κ2) is 6.18. The van der Waals surface area contributed by atoms with Crippen molar-refractivity contribution in [2.75, 3.05) is 7.11 Å². The van der Waals surface area contributed by atoms with Crippen LogP contribution >= 0.6 is 0 Å². The zero-order chi connectivity index (χ0) is 13.8. The van der Waals surface area contributed by atoms with E-state index in [0.717, 1.165) is 11.6 Å². The Hall–Kier alpha value is -1.68. The van der Waals surface area contributed by atoms with Gasteiger partial charge in [-0.25, -0.2) is 4.98 Å². The second-order valence-electron chi connectivity index (χ2n) is 5.51. The predicted molar refractivity (Wildman–Crippen MR) is 77.3 cm³/mol. The molecule has 0 radical (unpaired) electrons. The third-order valence-corrected chi connectivity index (χ3v) is 4.14. The summed E-state index contributed by atoms with van der Waals surface area (Å²) in [7, 11) is 1.67. The average Bonchev–Trinajstić information content (AvgIpc) is 3.14. The van der Waals surface area contributed by atoms with Gasteiger partial charge in [0.1, 0.15) is 6.61 Å². The third-order valence-electron chi connectivity index (χ3n) is 4.14. The number of benzene rings is 1. The normalized spacial score (nSPS) is 17.4. The monoisotopic (exact) mass is 271 g/mol. The molecule has 0 saturated heterocycles. The van der Waals surface area contributed by atoms with Crippen molar-refractivity contribution >= 4 is 0 Å². The largest absolute Gasteiger partial charge is 0.377 e. The first-order valence-electron chi connectivity index (χ1n) is 7.33. The molecule has 4 nitrogen and oxygen atoms in total. The molecule has 1 unspecified atom stereocenters. The molecule has 106 valence electrons. The molecule has 1 saturated carbocycles. The zero-order valence-corrected chi connectivity index (χ0v) is 11.9. The molecular formula is C16H21N3O. The Morgan fingerprint density at radius 2 is 2.00 bits per heavy atom. The fourth-order valence-electron chi connectivity index (χ4n) is 3.23. The maximum atomic E-state index is 5.12. The quantitative estimate of drug-likeness (QED) is 0.908. The van der Waals surface area contributed by atoms with Gasteiger partial charge in [0.25, 0.3) is 0 Å². The first-order chi connectivity index (χ1) is 9.88. The standard InChI is InChI=1S/C16H21N3O/c1-20-11-14-17-16(19-18-14)15(13-9-5-6-10-13)12-7-3-2-4-8-12/h2-4,7-8,13,15H,5-6,9-11H2,1H3,(H,17,18,19). The van der Waals surface area contributed by atoms with E-state index in [-0.39, 0.29) is 0 Å². The number of ether oxygens (including phenoxy) is 1. The third kappa shape index (κ3) is 2.75. The van der Waals surface area contributed by atoms with Gasteiger partial charge >= 0.3 is 0 Å². The van der Waals surface area contributed by atoms with E-state index in [0.29, 0.717) is 18.4 Å². The average molecular weight is 271 g/mol. The summed E-state index contributed by atoms with van der Waals surface area (Å²) in [5.74, 6) is 2.68. The van der Waals surface area contributed by atoms with E-state index in [1.54, 1.807) is 7.11 Å². The van der Waals surface area contributed by atoms with Gasteiger partial charge in [-0.05, 0) is 24.3 Å². The molecule has 1 atom stereocenters. The van der Waals surface area contributed by atoms with Crippen LogP contribution in [-0.2, 0) is 11.3 Å². The van der Waals surface area contributed by atoms with E-state index in [4.69, 9.17) is 4.74 Å². The topological polar surface area (TPSA) is 50.8 Å². The smallest absolute Gasteiger partial charge is 0.158 e. The highest BCUT2D eigenvalue weighted by molar-refractivity contribution is 5.26. The molecular weight excluding hydrogens is 250 g/mol. The molecule has 1 aromatic carbocycles. The van der Waals surface area contributed by atoms with Crippen LogP contribution in [0.5, 0.6) is 0 Å². The van der Waals surface area contributed by atoms with Gasteiger partial charge < -0.3 is 4.74 Å². The Morgan fingerprint density at radius 3 is 2.70 bits per heavy atom. The highest BCUT2D eigenvalue weighted by Gasteiger charge is 2.30. The zero-order valence-electron chi connectivity index (χ0n) is 11.9. The van der Waals surface area contributed by atoms with Gasteiger partial charge in [-0.2, -0.15) is 5.10 Å². The number of rotatable bonds is 5. The number of hydrogen-bond donors (Lipinski definition) is 1. The lowest BCUT2D eigenvalue weighted by atomic mass is 9.84. The van der Waals surface area contributed by atoms with Gasteiger partial charge in [-0.15, -0.1) is 0 Å². The predicted octanol–water partition coefficient (Wildman–Crippen LogP) is 3.27. The van der Waals surface area contributed by atoms with Gasteiger partial charge in [0.15, 0.2) is 11.6 Å². The summed E-state index contributed by atoms with van der Waals surface area (Å²) in [5, 5.41) is 7.43. The fourth-order valence-corrected chi connectivity index (χ4v) is 3.23. The van der Waals surface area contributed by atoms with Crippen molar-refractivity contribution in [2.45, 2.75) is 38.2 Å². The maximum Gasteiger partial charge on any atom is 0.158 e. The highest BCUT2D eigenvalue weighted by atomic mass is 16.5. The van der Waals surface area contributed by atoms with Gasteiger partial charge in [0, 0.05) is 13.0 Å². The van der Waals surface area contributed by atoms with E-state index in [9.17, 15) is 0 Å². The molecule has 2 aromatic rings. The Kier molecular flexibility index (Phi) is 4.11. The van der Waals surface area contributed by atoms with Crippen molar-refractivity contribution in [2.24, 2.45) is 5.92 Å². The van der Waals surface area contributed by atoms with E-state index >= 15 is 0 Å². The number of aromatic nitrogens is 3. The Morgan fingerprint density at radius 1 is 1.25 bits per heavy atom. The number of nitrogens with zero attached hydrogens (tertiary/aromatic N) is 2. The van der Waals surface area contributed by atoms with Crippen LogP contribution in [-0.4, -0.2) is 22.3 Å².